The molecule has 0 amide bonds. The number of carbonyl (C=O) groups excluding carboxylic acids is 1. The van der Waals surface area contributed by atoms with Crippen molar-refractivity contribution in [1.82, 2.24) is 0 Å². The Morgan fingerprint density at radius 1 is 1.13 bits per heavy atom. The minimum atomic E-state index is -0.182. The van der Waals surface area contributed by atoms with Gasteiger partial charge in [-0.25, -0.2) is 0 Å². The van der Waals surface area contributed by atoms with Crippen LogP contribution in [0.3, 0.4) is 0 Å². The zero-order valence-electron chi connectivity index (χ0n) is 9.87. The van der Waals surface area contributed by atoms with Gasteiger partial charge in [0, 0.05) is 0 Å². The first kappa shape index (κ1) is 13.9. The third-order valence-electron chi connectivity index (χ3n) is 2.09. The highest BCUT2D eigenvalue weighted by Gasteiger charge is 1.92. The summed E-state index contributed by atoms with van der Waals surface area (Å²) in [5.41, 5.74) is 0. The van der Waals surface area contributed by atoms with Crippen molar-refractivity contribution >= 4 is 5.97 Å². The number of methoxy groups -OCH3 is 1. The number of hydrogen-bond acceptors (Lipinski definition) is 2. The summed E-state index contributed by atoms with van der Waals surface area (Å²) in [7, 11) is 1.41. The third-order valence-corrected chi connectivity index (χ3v) is 2.09. The molecule has 0 N–H and O–H groups in total. The summed E-state index contributed by atoms with van der Waals surface area (Å²) in [5.74, 6) is -0.182. The van der Waals surface area contributed by atoms with Gasteiger partial charge in [-0.3, -0.25) is 4.79 Å². The predicted molar refractivity (Wildman–Crippen MR) is 63.7 cm³/mol. The van der Waals surface area contributed by atoms with E-state index in [2.05, 4.69) is 23.8 Å². The summed E-state index contributed by atoms with van der Waals surface area (Å²) in [6.45, 7) is 2.21. The number of carbonyl (C=O) groups is 1. The van der Waals surface area contributed by atoms with Crippen molar-refractivity contribution in [2.75, 3.05) is 7.11 Å². The average molecular weight is 210 g/mol. The molecule has 15 heavy (non-hydrogen) atoms. The maximum atomic E-state index is 10.7. The molecule has 86 valence electrons. The molecule has 0 bridgehead atoms. The van der Waals surface area contributed by atoms with Crippen LogP contribution in [0, 0.1) is 0 Å². The van der Waals surface area contributed by atoms with Crippen LogP contribution in [-0.4, -0.2) is 13.1 Å². The molecule has 0 fully saturated rings. The number of rotatable bonds is 8. The summed E-state index contributed by atoms with van der Waals surface area (Å²) in [5, 5.41) is 0. The number of allylic oxidation sites excluding steroid dienone is 3. The standard InChI is InChI=1S/C13H22O2/c1-3-4-5-6-7-8-9-10-11-12-13(14)15-2/h7-8,10-11H,3-6,9,12H2,1-2H3. The lowest BCUT2D eigenvalue weighted by molar-refractivity contribution is -0.139. The summed E-state index contributed by atoms with van der Waals surface area (Å²) >= 11 is 0. The lowest BCUT2D eigenvalue weighted by atomic mass is 10.2. The van der Waals surface area contributed by atoms with Crippen LogP contribution >= 0.6 is 0 Å². The fourth-order valence-electron chi connectivity index (χ4n) is 1.16. The summed E-state index contributed by atoms with van der Waals surface area (Å²) in [6, 6.07) is 0. The van der Waals surface area contributed by atoms with Crippen molar-refractivity contribution in [3.63, 3.8) is 0 Å². The van der Waals surface area contributed by atoms with Crippen molar-refractivity contribution in [2.45, 2.75) is 45.4 Å². The Hall–Kier alpha value is -1.05. The lowest BCUT2D eigenvalue weighted by Gasteiger charge is -1.92. The maximum Gasteiger partial charge on any atom is 0.309 e. The molecule has 0 unspecified atom stereocenters. The third kappa shape index (κ3) is 10.9. The lowest BCUT2D eigenvalue weighted by Crippen LogP contribution is -1.96. The minimum Gasteiger partial charge on any atom is -0.469 e. The minimum absolute atomic E-state index is 0.182. The highest BCUT2D eigenvalue weighted by molar-refractivity contribution is 5.70. The first-order valence-electron chi connectivity index (χ1n) is 5.68. The zero-order chi connectivity index (χ0) is 11.4. The zero-order valence-corrected chi connectivity index (χ0v) is 9.87. The van der Waals surface area contributed by atoms with Crippen LogP contribution in [0.4, 0.5) is 0 Å². The van der Waals surface area contributed by atoms with E-state index in [1.165, 1.54) is 32.8 Å². The van der Waals surface area contributed by atoms with Gasteiger partial charge in [0.1, 0.15) is 0 Å². The molecular formula is C13H22O2. The van der Waals surface area contributed by atoms with Crippen LogP contribution in [0.5, 0.6) is 0 Å². The van der Waals surface area contributed by atoms with Crippen LogP contribution in [0.25, 0.3) is 0 Å². The van der Waals surface area contributed by atoms with Gasteiger partial charge in [-0.1, -0.05) is 44.1 Å². The molecule has 0 saturated carbocycles. The monoisotopic (exact) mass is 210 g/mol. The van der Waals surface area contributed by atoms with Crippen LogP contribution in [0.2, 0.25) is 0 Å². The van der Waals surface area contributed by atoms with E-state index in [-0.39, 0.29) is 5.97 Å². The number of ether oxygens (including phenoxy) is 1. The molecule has 0 radical (unpaired) electrons. The first-order chi connectivity index (χ1) is 7.31. The van der Waals surface area contributed by atoms with E-state index in [0.717, 1.165) is 6.42 Å². The van der Waals surface area contributed by atoms with Gasteiger partial charge in [0.2, 0.25) is 0 Å². The summed E-state index contributed by atoms with van der Waals surface area (Å²) in [4.78, 5) is 10.7. The van der Waals surface area contributed by atoms with Gasteiger partial charge >= 0.3 is 5.97 Å². The van der Waals surface area contributed by atoms with E-state index < -0.39 is 0 Å². The Balaban J connectivity index is 3.32. The molecule has 0 rings (SSSR count). The summed E-state index contributed by atoms with van der Waals surface area (Å²) in [6.07, 6.45) is 14.5. The van der Waals surface area contributed by atoms with E-state index >= 15 is 0 Å². The molecule has 0 aromatic heterocycles. The largest absolute Gasteiger partial charge is 0.469 e. The molecule has 2 nitrogen and oxygen atoms in total. The molecule has 0 aliphatic heterocycles. The average Bonchev–Trinajstić information content (AvgIpc) is 2.26. The number of hydrogen-bond donors (Lipinski definition) is 0. The summed E-state index contributed by atoms with van der Waals surface area (Å²) < 4.78 is 4.51. The molecule has 0 aliphatic carbocycles. The fourth-order valence-corrected chi connectivity index (χ4v) is 1.16. The first-order valence-corrected chi connectivity index (χ1v) is 5.68. The molecule has 0 heterocycles. The number of esters is 1. The normalized spacial score (nSPS) is 11.3. The predicted octanol–water partition coefficient (Wildman–Crippen LogP) is 3.63. The fraction of sp³-hybridized carbons (Fsp3) is 0.615. The number of unbranched alkanes of at least 4 members (excludes halogenated alkanes) is 3. The SMILES string of the molecule is CCCCCC=CCC=CCC(=O)OC. The van der Waals surface area contributed by atoms with Crippen molar-refractivity contribution < 1.29 is 9.53 Å². The van der Waals surface area contributed by atoms with Gasteiger partial charge in [0.05, 0.1) is 13.5 Å². The maximum absolute atomic E-state index is 10.7. The smallest absolute Gasteiger partial charge is 0.309 e. The van der Waals surface area contributed by atoms with Crippen molar-refractivity contribution in [3.05, 3.63) is 24.3 Å². The van der Waals surface area contributed by atoms with E-state index in [0.29, 0.717) is 6.42 Å². The van der Waals surface area contributed by atoms with E-state index in [4.69, 9.17) is 0 Å². The van der Waals surface area contributed by atoms with Crippen LogP contribution < -0.4 is 0 Å². The molecule has 0 aromatic carbocycles. The quantitative estimate of drug-likeness (QED) is 0.347. The van der Waals surface area contributed by atoms with E-state index in [9.17, 15) is 4.79 Å². The molecular weight excluding hydrogens is 188 g/mol. The van der Waals surface area contributed by atoms with Crippen molar-refractivity contribution in [1.29, 1.82) is 0 Å². The Morgan fingerprint density at radius 2 is 1.87 bits per heavy atom. The van der Waals surface area contributed by atoms with Crippen LogP contribution in [0.15, 0.2) is 24.3 Å². The molecule has 0 saturated heterocycles. The van der Waals surface area contributed by atoms with Gasteiger partial charge in [-0.2, -0.15) is 0 Å². The molecule has 0 aromatic rings. The molecule has 0 atom stereocenters. The molecule has 0 spiro atoms. The van der Waals surface area contributed by atoms with E-state index in [1.54, 1.807) is 0 Å². The van der Waals surface area contributed by atoms with E-state index in [1.807, 2.05) is 12.2 Å². The Labute approximate surface area is 93.0 Å². The second-order valence-electron chi connectivity index (χ2n) is 3.45. The van der Waals surface area contributed by atoms with Gasteiger partial charge in [-0.15, -0.1) is 0 Å². The Bertz CT molecular complexity index is 205. The highest BCUT2D eigenvalue weighted by Crippen LogP contribution is 2.00. The topological polar surface area (TPSA) is 26.3 Å². The van der Waals surface area contributed by atoms with Crippen LogP contribution in [0.1, 0.15) is 45.4 Å². The van der Waals surface area contributed by atoms with Gasteiger partial charge in [0.25, 0.3) is 0 Å². The van der Waals surface area contributed by atoms with Gasteiger partial charge in [0.15, 0.2) is 0 Å². The highest BCUT2D eigenvalue weighted by atomic mass is 16.5. The van der Waals surface area contributed by atoms with Gasteiger partial charge in [-0.05, 0) is 19.3 Å². The van der Waals surface area contributed by atoms with Crippen molar-refractivity contribution in [3.8, 4) is 0 Å². The Kier molecular flexibility index (Phi) is 10.3. The van der Waals surface area contributed by atoms with Gasteiger partial charge < -0.3 is 4.74 Å². The second-order valence-corrected chi connectivity index (χ2v) is 3.45. The molecule has 2 heteroatoms. The van der Waals surface area contributed by atoms with Crippen LogP contribution in [-0.2, 0) is 9.53 Å². The Morgan fingerprint density at radius 3 is 2.53 bits per heavy atom. The molecule has 0 aliphatic rings. The van der Waals surface area contributed by atoms with Crippen molar-refractivity contribution in [2.24, 2.45) is 0 Å². The second kappa shape index (κ2) is 11.0.